The number of nitrogens with zero attached hydrogens (tertiary/aromatic N) is 1. The molecule has 0 aliphatic heterocycles. The molecule has 0 N–H and O–H groups in total. The number of rotatable bonds is 10. The van der Waals surface area contributed by atoms with Crippen molar-refractivity contribution in [1.82, 2.24) is 0 Å². The Morgan fingerprint density at radius 2 is 0.766 bits per heavy atom. The predicted molar refractivity (Wildman–Crippen MR) is 182 cm³/mol. The lowest BCUT2D eigenvalue weighted by Crippen LogP contribution is -2.00. The van der Waals surface area contributed by atoms with Gasteiger partial charge in [0.1, 0.15) is 25.1 Å². The second-order valence-electron chi connectivity index (χ2n) is 10.8. The molecule has 0 aromatic heterocycles. The van der Waals surface area contributed by atoms with E-state index < -0.39 is 4.92 Å². The third-order valence-corrected chi connectivity index (χ3v) is 8.08. The number of hydrogen-bond donors (Lipinski definition) is 0. The van der Waals surface area contributed by atoms with E-state index in [1.165, 1.54) is 6.07 Å². The van der Waals surface area contributed by atoms with E-state index in [1.54, 1.807) is 78.9 Å². The van der Waals surface area contributed by atoms with Gasteiger partial charge in [0.25, 0.3) is 5.69 Å². The Morgan fingerprint density at radius 1 is 0.404 bits per heavy atom. The molecule has 0 bridgehead atoms. The standard InChI is InChI=1S/C40H25NO6/c42-22-26-5-13-30(14-6-26)35-21-36(34-3-1-2-4-37(34)41(46)47)39(32-17-9-28(24-44)10-18-32)40(33-19-11-29(25-45)12-20-33)38(35)31-15-7-27(23-43)8-16-31/h1-25H. The summed E-state index contributed by atoms with van der Waals surface area (Å²) >= 11 is 0. The molecule has 0 aliphatic rings. The molecular formula is C40H25NO6. The van der Waals surface area contributed by atoms with Gasteiger partial charge in [-0.2, -0.15) is 0 Å². The third-order valence-electron chi connectivity index (χ3n) is 8.08. The van der Waals surface area contributed by atoms with E-state index in [1.807, 2.05) is 42.5 Å². The van der Waals surface area contributed by atoms with Gasteiger partial charge in [-0.1, -0.05) is 109 Å². The van der Waals surface area contributed by atoms with Gasteiger partial charge in [-0.15, -0.1) is 0 Å². The number of carbonyl (C=O) groups is 4. The summed E-state index contributed by atoms with van der Waals surface area (Å²) in [5.41, 5.74) is 8.57. The van der Waals surface area contributed by atoms with Crippen LogP contribution in [0.15, 0.2) is 127 Å². The Kier molecular flexibility index (Phi) is 8.53. The van der Waals surface area contributed by atoms with Crippen molar-refractivity contribution in [1.29, 1.82) is 0 Å². The summed E-state index contributed by atoms with van der Waals surface area (Å²) in [6.45, 7) is 0. The Morgan fingerprint density at radius 3 is 1.17 bits per heavy atom. The maximum Gasteiger partial charge on any atom is 0.277 e. The molecule has 0 saturated carbocycles. The van der Waals surface area contributed by atoms with Crippen LogP contribution in [0.2, 0.25) is 0 Å². The first kappa shape index (κ1) is 30.4. The maximum absolute atomic E-state index is 12.4. The van der Waals surface area contributed by atoms with E-state index in [4.69, 9.17) is 0 Å². The van der Waals surface area contributed by atoms with Gasteiger partial charge in [0.05, 0.1) is 10.5 Å². The molecule has 0 amide bonds. The Balaban J connectivity index is 1.86. The second kappa shape index (κ2) is 13.2. The van der Waals surface area contributed by atoms with E-state index in [0.717, 1.165) is 53.0 Å². The summed E-state index contributed by atoms with van der Waals surface area (Å²) in [5.74, 6) is 0. The quantitative estimate of drug-likeness (QED) is 0.0863. The first-order chi connectivity index (χ1) is 22.9. The van der Waals surface area contributed by atoms with Crippen LogP contribution in [0, 0.1) is 10.1 Å². The van der Waals surface area contributed by atoms with Crippen molar-refractivity contribution in [3.05, 3.63) is 160 Å². The Bertz CT molecular complexity index is 2150. The minimum Gasteiger partial charge on any atom is -0.298 e. The van der Waals surface area contributed by atoms with E-state index in [2.05, 4.69) is 0 Å². The first-order valence-electron chi connectivity index (χ1n) is 14.6. The van der Waals surface area contributed by atoms with Crippen molar-refractivity contribution in [2.45, 2.75) is 0 Å². The molecule has 6 aromatic carbocycles. The average molecular weight is 616 g/mol. The lowest BCUT2D eigenvalue weighted by molar-refractivity contribution is -0.384. The third kappa shape index (κ3) is 5.93. The van der Waals surface area contributed by atoms with E-state index in [9.17, 15) is 29.3 Å². The van der Waals surface area contributed by atoms with Gasteiger partial charge < -0.3 is 0 Å². The van der Waals surface area contributed by atoms with E-state index in [-0.39, 0.29) is 5.69 Å². The van der Waals surface area contributed by atoms with Crippen LogP contribution in [-0.4, -0.2) is 30.1 Å². The van der Waals surface area contributed by atoms with Crippen molar-refractivity contribution < 1.29 is 24.1 Å². The van der Waals surface area contributed by atoms with Crippen LogP contribution in [0.3, 0.4) is 0 Å². The fourth-order valence-corrected chi connectivity index (χ4v) is 5.80. The van der Waals surface area contributed by atoms with Gasteiger partial charge in [-0.05, 0) is 62.2 Å². The summed E-state index contributed by atoms with van der Waals surface area (Å²) in [6, 6.07) is 36.7. The summed E-state index contributed by atoms with van der Waals surface area (Å²) in [5, 5.41) is 12.4. The molecule has 0 unspecified atom stereocenters. The molecule has 6 aromatic rings. The molecule has 226 valence electrons. The largest absolute Gasteiger partial charge is 0.298 e. The zero-order valence-electron chi connectivity index (χ0n) is 24.8. The van der Waals surface area contributed by atoms with Gasteiger partial charge in [-0.3, -0.25) is 29.3 Å². The van der Waals surface area contributed by atoms with Crippen LogP contribution >= 0.6 is 0 Å². The van der Waals surface area contributed by atoms with Gasteiger partial charge in [0, 0.05) is 28.3 Å². The maximum atomic E-state index is 12.4. The SMILES string of the molecule is O=Cc1ccc(-c2cc(-c3ccccc3[N+](=O)[O-])c(-c3ccc(C=O)cc3)c(-c3ccc(C=O)cc3)c2-c2ccc(C=O)cc2)cc1. The molecule has 6 rings (SSSR count). The number of carbonyl (C=O) groups excluding carboxylic acids is 4. The van der Waals surface area contributed by atoms with Crippen LogP contribution in [0.4, 0.5) is 5.69 Å². The summed E-state index contributed by atoms with van der Waals surface area (Å²) < 4.78 is 0. The number of benzene rings is 6. The molecule has 0 aliphatic carbocycles. The normalized spacial score (nSPS) is 10.6. The molecule has 0 heterocycles. The monoisotopic (exact) mass is 615 g/mol. The van der Waals surface area contributed by atoms with Crippen LogP contribution in [0.1, 0.15) is 41.4 Å². The predicted octanol–water partition coefficient (Wildman–Crippen LogP) is 9.18. The zero-order chi connectivity index (χ0) is 32.9. The number of nitro groups is 1. The van der Waals surface area contributed by atoms with Gasteiger partial charge >= 0.3 is 0 Å². The molecule has 0 spiro atoms. The minimum atomic E-state index is -0.419. The van der Waals surface area contributed by atoms with Crippen LogP contribution in [-0.2, 0) is 0 Å². The zero-order valence-corrected chi connectivity index (χ0v) is 24.8. The van der Waals surface area contributed by atoms with Gasteiger partial charge in [0.2, 0.25) is 0 Å². The molecule has 0 fully saturated rings. The highest BCUT2D eigenvalue weighted by molar-refractivity contribution is 6.08. The highest BCUT2D eigenvalue weighted by atomic mass is 16.6. The van der Waals surface area contributed by atoms with Crippen molar-refractivity contribution in [3.8, 4) is 55.6 Å². The van der Waals surface area contributed by atoms with Crippen molar-refractivity contribution in [3.63, 3.8) is 0 Å². The van der Waals surface area contributed by atoms with Crippen molar-refractivity contribution in [2.24, 2.45) is 0 Å². The molecule has 0 radical (unpaired) electrons. The number of hydrogen-bond acceptors (Lipinski definition) is 6. The Hall–Kier alpha value is -6.60. The minimum absolute atomic E-state index is 0.0918. The van der Waals surface area contributed by atoms with Gasteiger partial charge in [0.15, 0.2) is 0 Å². The fraction of sp³-hybridized carbons (Fsp3) is 0. The van der Waals surface area contributed by atoms with Crippen LogP contribution in [0.5, 0.6) is 0 Å². The van der Waals surface area contributed by atoms with Crippen LogP contribution < -0.4 is 0 Å². The highest BCUT2D eigenvalue weighted by Crippen LogP contribution is 2.51. The number of aldehydes is 4. The molecule has 0 saturated heterocycles. The Labute approximate surface area is 269 Å². The average Bonchev–Trinajstić information content (AvgIpc) is 3.14. The number of nitro benzene ring substituents is 1. The van der Waals surface area contributed by atoms with E-state index >= 15 is 0 Å². The smallest absolute Gasteiger partial charge is 0.277 e. The first-order valence-corrected chi connectivity index (χ1v) is 14.6. The highest BCUT2D eigenvalue weighted by Gasteiger charge is 2.27. The lowest BCUT2D eigenvalue weighted by Gasteiger charge is -2.24. The molecular weight excluding hydrogens is 590 g/mol. The second-order valence-corrected chi connectivity index (χ2v) is 10.8. The lowest BCUT2D eigenvalue weighted by atomic mass is 9.78. The summed E-state index contributed by atoms with van der Waals surface area (Å²) in [7, 11) is 0. The number of para-hydroxylation sites is 1. The summed E-state index contributed by atoms with van der Waals surface area (Å²) in [4.78, 5) is 58.4. The van der Waals surface area contributed by atoms with Crippen molar-refractivity contribution >= 4 is 30.8 Å². The van der Waals surface area contributed by atoms with Crippen molar-refractivity contribution in [2.75, 3.05) is 0 Å². The molecule has 0 atom stereocenters. The molecule has 7 nitrogen and oxygen atoms in total. The molecule has 47 heavy (non-hydrogen) atoms. The van der Waals surface area contributed by atoms with E-state index in [0.29, 0.717) is 50.1 Å². The fourth-order valence-electron chi connectivity index (χ4n) is 5.80. The topological polar surface area (TPSA) is 111 Å². The summed E-state index contributed by atoms with van der Waals surface area (Å²) in [6.07, 6.45) is 3.02. The molecule has 7 heteroatoms. The van der Waals surface area contributed by atoms with Gasteiger partial charge in [-0.25, -0.2) is 0 Å². The van der Waals surface area contributed by atoms with Crippen LogP contribution in [0.25, 0.3) is 55.6 Å².